The summed E-state index contributed by atoms with van der Waals surface area (Å²) in [6.07, 6.45) is 2.01. The summed E-state index contributed by atoms with van der Waals surface area (Å²) in [4.78, 5) is 7.34. The second kappa shape index (κ2) is 6.19. The summed E-state index contributed by atoms with van der Waals surface area (Å²) in [6.45, 7) is 5.09. The van der Waals surface area contributed by atoms with Crippen LogP contribution in [0.4, 0.5) is 10.1 Å². The number of H-pyrrole nitrogens is 1. The van der Waals surface area contributed by atoms with Gasteiger partial charge >= 0.3 is 0 Å². The van der Waals surface area contributed by atoms with Crippen molar-refractivity contribution in [2.75, 3.05) is 4.72 Å². The standard InChI is InChI=1S/C18H19FN4O3S/c1-9-4-7-14(13(19)8-9)23-27(24,25)16-11(3)20-10(2)15(16)18-21-17(22-26-18)12-5-6-12/h4,7-8,12,20,23H,5-6H2,1-3H3. The van der Waals surface area contributed by atoms with Gasteiger partial charge in [-0.1, -0.05) is 11.2 Å². The predicted octanol–water partition coefficient (Wildman–Crippen LogP) is 3.81. The van der Waals surface area contributed by atoms with E-state index in [0.29, 0.717) is 28.3 Å². The van der Waals surface area contributed by atoms with Gasteiger partial charge in [-0.2, -0.15) is 4.98 Å². The van der Waals surface area contributed by atoms with E-state index in [4.69, 9.17) is 4.52 Å². The predicted molar refractivity (Wildman–Crippen MR) is 97.5 cm³/mol. The molecule has 0 unspecified atom stereocenters. The molecule has 2 N–H and O–H groups in total. The van der Waals surface area contributed by atoms with Gasteiger partial charge in [0.15, 0.2) is 5.82 Å². The van der Waals surface area contributed by atoms with Gasteiger partial charge in [0.05, 0.1) is 11.3 Å². The number of aromatic amines is 1. The first-order valence-electron chi connectivity index (χ1n) is 8.58. The Morgan fingerprint density at radius 3 is 2.63 bits per heavy atom. The van der Waals surface area contributed by atoms with E-state index in [1.165, 1.54) is 12.1 Å². The summed E-state index contributed by atoms with van der Waals surface area (Å²) in [5.41, 5.74) is 1.89. The van der Waals surface area contributed by atoms with Crippen molar-refractivity contribution in [3.8, 4) is 11.5 Å². The molecular formula is C18H19FN4O3S. The third kappa shape index (κ3) is 3.23. The summed E-state index contributed by atoms with van der Waals surface area (Å²) >= 11 is 0. The van der Waals surface area contributed by atoms with Crippen molar-refractivity contribution in [1.29, 1.82) is 0 Å². The van der Waals surface area contributed by atoms with E-state index in [1.807, 2.05) is 0 Å². The molecule has 0 saturated heterocycles. The maximum Gasteiger partial charge on any atom is 0.264 e. The molecule has 1 aromatic carbocycles. The normalized spacial score (nSPS) is 14.5. The van der Waals surface area contributed by atoms with Crippen molar-refractivity contribution in [2.24, 2.45) is 0 Å². The van der Waals surface area contributed by atoms with Crippen molar-refractivity contribution < 1.29 is 17.3 Å². The summed E-state index contributed by atoms with van der Waals surface area (Å²) in [5, 5.41) is 3.96. The minimum Gasteiger partial charge on any atom is -0.361 e. The van der Waals surface area contributed by atoms with Crippen molar-refractivity contribution in [1.82, 2.24) is 15.1 Å². The first-order valence-corrected chi connectivity index (χ1v) is 10.1. The van der Waals surface area contributed by atoms with Gasteiger partial charge in [-0.25, -0.2) is 12.8 Å². The summed E-state index contributed by atoms with van der Waals surface area (Å²) in [6, 6.07) is 4.31. The monoisotopic (exact) mass is 390 g/mol. The lowest BCUT2D eigenvalue weighted by Gasteiger charge is -2.10. The SMILES string of the molecule is Cc1ccc(NS(=O)(=O)c2c(C)[nH]c(C)c2-c2nc(C3CC3)no2)c(F)c1. The van der Waals surface area contributed by atoms with Crippen LogP contribution in [0, 0.1) is 26.6 Å². The lowest BCUT2D eigenvalue weighted by atomic mass is 10.2. The van der Waals surface area contributed by atoms with E-state index in [9.17, 15) is 12.8 Å². The smallest absolute Gasteiger partial charge is 0.264 e. The van der Waals surface area contributed by atoms with Crippen LogP contribution in [0.2, 0.25) is 0 Å². The topological polar surface area (TPSA) is 101 Å². The number of benzene rings is 1. The quantitative estimate of drug-likeness (QED) is 0.690. The Morgan fingerprint density at radius 1 is 1.22 bits per heavy atom. The molecule has 9 heteroatoms. The van der Waals surface area contributed by atoms with Gasteiger partial charge < -0.3 is 9.51 Å². The van der Waals surface area contributed by atoms with E-state index < -0.39 is 15.8 Å². The minimum absolute atomic E-state index is 0.0222. The van der Waals surface area contributed by atoms with Crippen LogP contribution in [0.3, 0.4) is 0 Å². The molecule has 0 bridgehead atoms. The Labute approximate surface area is 156 Å². The Morgan fingerprint density at radius 2 is 1.96 bits per heavy atom. The first-order chi connectivity index (χ1) is 12.8. The summed E-state index contributed by atoms with van der Waals surface area (Å²) in [7, 11) is -4.08. The number of sulfonamides is 1. The average Bonchev–Trinajstić information content (AvgIpc) is 3.23. The van der Waals surface area contributed by atoms with Crippen LogP contribution in [0.15, 0.2) is 27.6 Å². The van der Waals surface area contributed by atoms with E-state index in [1.54, 1.807) is 26.8 Å². The molecule has 1 aliphatic carbocycles. The molecule has 1 aliphatic rings. The highest BCUT2D eigenvalue weighted by molar-refractivity contribution is 7.93. The molecule has 0 amide bonds. The number of nitrogens with zero attached hydrogens (tertiary/aromatic N) is 2. The van der Waals surface area contributed by atoms with Gasteiger partial charge in [-0.05, 0) is 51.3 Å². The van der Waals surface area contributed by atoms with Crippen LogP contribution >= 0.6 is 0 Å². The molecule has 142 valence electrons. The number of hydrogen-bond acceptors (Lipinski definition) is 5. The van der Waals surface area contributed by atoms with Gasteiger partial charge in [-0.3, -0.25) is 4.72 Å². The average molecular weight is 390 g/mol. The van der Waals surface area contributed by atoms with Crippen LogP contribution in [-0.2, 0) is 10.0 Å². The molecule has 0 radical (unpaired) electrons. The Hall–Kier alpha value is -2.68. The summed E-state index contributed by atoms with van der Waals surface area (Å²) < 4.78 is 47.9. The molecule has 4 rings (SSSR count). The van der Waals surface area contributed by atoms with Crippen molar-refractivity contribution in [3.63, 3.8) is 0 Å². The fourth-order valence-electron chi connectivity index (χ4n) is 3.09. The fourth-order valence-corrected chi connectivity index (χ4v) is 4.61. The molecule has 0 atom stereocenters. The lowest BCUT2D eigenvalue weighted by molar-refractivity contribution is 0.421. The van der Waals surface area contributed by atoms with Gasteiger partial charge in [-0.15, -0.1) is 0 Å². The van der Waals surface area contributed by atoms with Crippen LogP contribution < -0.4 is 4.72 Å². The van der Waals surface area contributed by atoms with Gasteiger partial charge in [0.25, 0.3) is 15.9 Å². The Kier molecular flexibility index (Phi) is 4.06. The number of aromatic nitrogens is 3. The number of anilines is 1. The van der Waals surface area contributed by atoms with Crippen LogP contribution in [0.25, 0.3) is 11.5 Å². The minimum atomic E-state index is -4.08. The highest BCUT2D eigenvalue weighted by atomic mass is 32.2. The van der Waals surface area contributed by atoms with E-state index in [-0.39, 0.29) is 22.4 Å². The molecule has 27 heavy (non-hydrogen) atoms. The summed E-state index contributed by atoms with van der Waals surface area (Å²) in [5.74, 6) is 0.370. The fraction of sp³-hybridized carbons (Fsp3) is 0.333. The molecular weight excluding hydrogens is 371 g/mol. The van der Waals surface area contributed by atoms with E-state index >= 15 is 0 Å². The Bertz CT molecular complexity index is 1130. The molecule has 2 aromatic heterocycles. The van der Waals surface area contributed by atoms with Crippen molar-refractivity contribution in [3.05, 3.63) is 46.8 Å². The zero-order valence-electron chi connectivity index (χ0n) is 15.1. The van der Waals surface area contributed by atoms with Crippen molar-refractivity contribution >= 4 is 15.7 Å². The van der Waals surface area contributed by atoms with Gasteiger partial charge in [0.1, 0.15) is 10.7 Å². The zero-order chi connectivity index (χ0) is 19.3. The molecule has 1 saturated carbocycles. The second-order valence-electron chi connectivity index (χ2n) is 6.90. The maximum absolute atomic E-state index is 14.1. The number of hydrogen-bond donors (Lipinski definition) is 2. The van der Waals surface area contributed by atoms with Crippen LogP contribution in [0.1, 0.15) is 41.5 Å². The first kappa shape index (κ1) is 17.7. The second-order valence-corrected chi connectivity index (χ2v) is 8.52. The van der Waals surface area contributed by atoms with Crippen molar-refractivity contribution in [2.45, 2.75) is 44.4 Å². The zero-order valence-corrected chi connectivity index (χ0v) is 15.9. The van der Waals surface area contributed by atoms with Gasteiger partial charge in [0, 0.05) is 17.3 Å². The lowest BCUT2D eigenvalue weighted by Crippen LogP contribution is -2.15. The number of aryl methyl sites for hydroxylation is 3. The molecule has 1 fully saturated rings. The van der Waals surface area contributed by atoms with E-state index in [0.717, 1.165) is 12.8 Å². The third-order valence-electron chi connectivity index (χ3n) is 4.55. The largest absolute Gasteiger partial charge is 0.361 e. The number of halogens is 1. The third-order valence-corrected chi connectivity index (χ3v) is 6.09. The van der Waals surface area contributed by atoms with Crippen LogP contribution in [0.5, 0.6) is 0 Å². The highest BCUT2D eigenvalue weighted by Crippen LogP contribution is 2.40. The number of nitrogens with one attached hydrogen (secondary N) is 2. The highest BCUT2D eigenvalue weighted by Gasteiger charge is 2.33. The van der Waals surface area contributed by atoms with E-state index in [2.05, 4.69) is 19.8 Å². The molecule has 7 nitrogen and oxygen atoms in total. The maximum atomic E-state index is 14.1. The molecule has 0 aliphatic heterocycles. The van der Waals surface area contributed by atoms with Crippen LogP contribution in [-0.4, -0.2) is 23.5 Å². The van der Waals surface area contributed by atoms with Gasteiger partial charge in [0.2, 0.25) is 0 Å². The molecule has 2 heterocycles. The molecule has 0 spiro atoms. The molecule has 3 aromatic rings. The Balaban J connectivity index is 1.78. The number of rotatable bonds is 5.